The van der Waals surface area contributed by atoms with Crippen LogP contribution in [-0.2, 0) is 4.79 Å². The molecule has 0 spiro atoms. The number of pyridine rings is 1. The van der Waals surface area contributed by atoms with Crippen LogP contribution in [0.1, 0.15) is 31.2 Å². The summed E-state index contributed by atoms with van der Waals surface area (Å²) >= 11 is 0. The first-order chi connectivity index (χ1) is 8.31. The molecule has 86 valence electrons. The standard InChI is InChI=1S/C14H14N2O/c15-10-13(9-11-5-7-16-8-6-11)14(17)12-3-1-2-4-12/h5-9,12H,1-4H2. The van der Waals surface area contributed by atoms with Crippen LogP contribution in [0.2, 0.25) is 0 Å². The molecule has 0 radical (unpaired) electrons. The zero-order valence-electron chi connectivity index (χ0n) is 9.60. The van der Waals surface area contributed by atoms with E-state index in [-0.39, 0.29) is 17.3 Å². The number of nitriles is 1. The van der Waals surface area contributed by atoms with Crippen molar-refractivity contribution in [1.29, 1.82) is 5.26 Å². The molecule has 0 saturated heterocycles. The molecule has 0 bridgehead atoms. The molecular weight excluding hydrogens is 212 g/mol. The van der Waals surface area contributed by atoms with E-state index < -0.39 is 0 Å². The molecule has 0 atom stereocenters. The van der Waals surface area contributed by atoms with E-state index in [0.717, 1.165) is 31.2 Å². The van der Waals surface area contributed by atoms with E-state index in [2.05, 4.69) is 4.98 Å². The van der Waals surface area contributed by atoms with Crippen LogP contribution in [0.25, 0.3) is 6.08 Å². The van der Waals surface area contributed by atoms with Gasteiger partial charge >= 0.3 is 0 Å². The minimum atomic E-state index is 0.00168. The van der Waals surface area contributed by atoms with E-state index in [9.17, 15) is 4.79 Å². The highest BCUT2D eigenvalue weighted by molar-refractivity contribution is 6.04. The number of rotatable bonds is 3. The van der Waals surface area contributed by atoms with Crippen LogP contribution in [0.4, 0.5) is 0 Å². The molecule has 3 nitrogen and oxygen atoms in total. The average molecular weight is 226 g/mol. The summed E-state index contributed by atoms with van der Waals surface area (Å²) in [6.45, 7) is 0. The predicted octanol–water partition coefficient (Wildman–Crippen LogP) is 2.75. The van der Waals surface area contributed by atoms with Gasteiger partial charge in [-0.2, -0.15) is 5.26 Å². The van der Waals surface area contributed by atoms with E-state index in [4.69, 9.17) is 5.26 Å². The fraction of sp³-hybridized carbons (Fsp3) is 0.357. The highest BCUT2D eigenvalue weighted by Gasteiger charge is 2.25. The smallest absolute Gasteiger partial charge is 0.176 e. The number of carbonyl (C=O) groups is 1. The van der Waals surface area contributed by atoms with E-state index in [1.807, 2.05) is 6.07 Å². The van der Waals surface area contributed by atoms with Crippen molar-refractivity contribution in [3.8, 4) is 6.07 Å². The summed E-state index contributed by atoms with van der Waals surface area (Å²) in [4.78, 5) is 16.0. The second-order valence-corrected chi connectivity index (χ2v) is 4.30. The summed E-state index contributed by atoms with van der Waals surface area (Å²) < 4.78 is 0. The van der Waals surface area contributed by atoms with Gasteiger partial charge in [0.05, 0.1) is 5.57 Å². The van der Waals surface area contributed by atoms with Gasteiger partial charge in [0.1, 0.15) is 6.07 Å². The fourth-order valence-electron chi connectivity index (χ4n) is 2.19. The van der Waals surface area contributed by atoms with Gasteiger partial charge in [-0.05, 0) is 36.6 Å². The molecule has 1 heterocycles. The number of allylic oxidation sites excluding steroid dienone is 1. The highest BCUT2D eigenvalue weighted by Crippen LogP contribution is 2.28. The molecule has 1 fully saturated rings. The molecule has 1 aliphatic rings. The molecule has 2 rings (SSSR count). The van der Waals surface area contributed by atoms with Crippen molar-refractivity contribution in [2.24, 2.45) is 5.92 Å². The lowest BCUT2D eigenvalue weighted by Gasteiger charge is -2.05. The first kappa shape index (κ1) is 11.5. The SMILES string of the molecule is N#CC(=Cc1ccncc1)C(=O)C1CCCC1. The third kappa shape index (κ3) is 2.79. The number of carbonyl (C=O) groups excluding carboxylic acids is 1. The highest BCUT2D eigenvalue weighted by atomic mass is 16.1. The lowest BCUT2D eigenvalue weighted by Crippen LogP contribution is -2.12. The Kier molecular flexibility index (Phi) is 3.66. The van der Waals surface area contributed by atoms with Crippen LogP contribution in [0.3, 0.4) is 0 Å². The Morgan fingerprint density at radius 1 is 1.35 bits per heavy atom. The van der Waals surface area contributed by atoms with Crippen LogP contribution in [-0.4, -0.2) is 10.8 Å². The quantitative estimate of drug-likeness (QED) is 0.588. The second-order valence-electron chi connectivity index (χ2n) is 4.30. The van der Waals surface area contributed by atoms with E-state index in [1.165, 1.54) is 0 Å². The maximum atomic E-state index is 12.1. The van der Waals surface area contributed by atoms with Gasteiger partial charge in [0.2, 0.25) is 0 Å². The lowest BCUT2D eigenvalue weighted by atomic mass is 9.95. The molecule has 1 aromatic heterocycles. The summed E-state index contributed by atoms with van der Waals surface area (Å²) in [6.07, 6.45) is 9.02. The Labute approximate surface area is 101 Å². The van der Waals surface area contributed by atoms with Gasteiger partial charge in [0.15, 0.2) is 5.78 Å². The summed E-state index contributed by atoms with van der Waals surface area (Å²) in [6, 6.07) is 5.60. The van der Waals surface area contributed by atoms with Crippen LogP contribution >= 0.6 is 0 Å². The molecule has 0 amide bonds. The van der Waals surface area contributed by atoms with Gasteiger partial charge in [0, 0.05) is 18.3 Å². The number of aromatic nitrogens is 1. The van der Waals surface area contributed by atoms with Crippen LogP contribution < -0.4 is 0 Å². The lowest BCUT2D eigenvalue weighted by molar-refractivity contribution is -0.118. The number of nitrogens with zero attached hydrogens (tertiary/aromatic N) is 2. The van der Waals surface area contributed by atoms with E-state index in [0.29, 0.717) is 0 Å². The molecule has 1 aromatic rings. The summed E-state index contributed by atoms with van der Waals surface area (Å²) in [5.41, 5.74) is 1.12. The van der Waals surface area contributed by atoms with Crippen LogP contribution in [0.5, 0.6) is 0 Å². The third-order valence-corrected chi connectivity index (χ3v) is 3.13. The van der Waals surface area contributed by atoms with E-state index in [1.54, 1.807) is 30.6 Å². The normalized spacial score (nSPS) is 16.8. The Hall–Kier alpha value is -1.95. The summed E-state index contributed by atoms with van der Waals surface area (Å²) in [7, 11) is 0. The molecule has 0 aliphatic heterocycles. The first-order valence-corrected chi connectivity index (χ1v) is 5.87. The average Bonchev–Trinajstić information content (AvgIpc) is 2.90. The van der Waals surface area contributed by atoms with Crippen molar-refractivity contribution in [2.75, 3.05) is 0 Å². The van der Waals surface area contributed by atoms with Crippen molar-refractivity contribution < 1.29 is 4.79 Å². The maximum Gasteiger partial charge on any atom is 0.176 e. The number of ketones is 1. The number of hydrogen-bond acceptors (Lipinski definition) is 3. The monoisotopic (exact) mass is 226 g/mol. The van der Waals surface area contributed by atoms with Gasteiger partial charge in [-0.1, -0.05) is 12.8 Å². The Balaban J connectivity index is 2.19. The van der Waals surface area contributed by atoms with Crippen molar-refractivity contribution in [3.63, 3.8) is 0 Å². The molecule has 0 N–H and O–H groups in total. The van der Waals surface area contributed by atoms with Crippen molar-refractivity contribution in [1.82, 2.24) is 4.98 Å². The zero-order chi connectivity index (χ0) is 12.1. The fourth-order valence-corrected chi connectivity index (χ4v) is 2.19. The Morgan fingerprint density at radius 2 is 2.00 bits per heavy atom. The molecular formula is C14H14N2O. The molecule has 3 heteroatoms. The predicted molar refractivity (Wildman–Crippen MR) is 64.8 cm³/mol. The van der Waals surface area contributed by atoms with Crippen LogP contribution in [0, 0.1) is 17.2 Å². The third-order valence-electron chi connectivity index (χ3n) is 3.13. The first-order valence-electron chi connectivity index (χ1n) is 5.87. The van der Waals surface area contributed by atoms with Crippen LogP contribution in [0.15, 0.2) is 30.1 Å². The maximum absolute atomic E-state index is 12.1. The molecule has 0 aromatic carbocycles. The van der Waals surface area contributed by atoms with Crippen molar-refractivity contribution in [3.05, 3.63) is 35.7 Å². The molecule has 0 unspecified atom stereocenters. The Bertz CT molecular complexity index is 465. The van der Waals surface area contributed by atoms with Gasteiger partial charge in [-0.3, -0.25) is 9.78 Å². The Morgan fingerprint density at radius 3 is 2.59 bits per heavy atom. The van der Waals surface area contributed by atoms with Crippen molar-refractivity contribution >= 4 is 11.9 Å². The molecule has 1 aliphatic carbocycles. The number of hydrogen-bond donors (Lipinski definition) is 0. The minimum absolute atomic E-state index is 0.00168. The summed E-state index contributed by atoms with van der Waals surface area (Å²) in [5.74, 6) is 0.0598. The zero-order valence-corrected chi connectivity index (χ0v) is 9.60. The largest absolute Gasteiger partial charge is 0.293 e. The van der Waals surface area contributed by atoms with Gasteiger partial charge in [-0.15, -0.1) is 0 Å². The van der Waals surface area contributed by atoms with Gasteiger partial charge in [-0.25, -0.2) is 0 Å². The van der Waals surface area contributed by atoms with Crippen molar-refractivity contribution in [2.45, 2.75) is 25.7 Å². The minimum Gasteiger partial charge on any atom is -0.293 e. The van der Waals surface area contributed by atoms with E-state index >= 15 is 0 Å². The molecule has 17 heavy (non-hydrogen) atoms. The number of Topliss-reactive ketones (excluding diaryl/α,β-unsaturated/α-hetero) is 1. The second kappa shape index (κ2) is 5.40. The van der Waals surface area contributed by atoms with Gasteiger partial charge < -0.3 is 0 Å². The summed E-state index contributed by atoms with van der Waals surface area (Å²) in [5, 5.41) is 9.06. The molecule has 1 saturated carbocycles. The van der Waals surface area contributed by atoms with Gasteiger partial charge in [0.25, 0.3) is 0 Å². The topological polar surface area (TPSA) is 53.8 Å².